The van der Waals surface area contributed by atoms with Gasteiger partial charge < -0.3 is 20.9 Å². The molecule has 2 amide bonds. The zero-order valence-corrected chi connectivity index (χ0v) is 20.6. The summed E-state index contributed by atoms with van der Waals surface area (Å²) >= 11 is 0. The number of anilines is 1. The van der Waals surface area contributed by atoms with Gasteiger partial charge in [-0.15, -0.1) is 0 Å². The maximum atomic E-state index is 12.1. The van der Waals surface area contributed by atoms with Crippen molar-refractivity contribution in [2.45, 2.75) is 19.3 Å². The number of hydrogen-bond donors (Lipinski definition) is 3. The van der Waals surface area contributed by atoms with Crippen molar-refractivity contribution in [3.63, 3.8) is 0 Å². The summed E-state index contributed by atoms with van der Waals surface area (Å²) in [5.74, 6) is -0.483. The number of nitrogens with two attached hydrogens (primary N) is 1. The number of carbonyl (C=O) groups is 2. The highest BCUT2D eigenvalue weighted by Gasteiger charge is 2.24. The fraction of sp³-hybridized carbons (Fsp3) is 0.360. The van der Waals surface area contributed by atoms with Crippen molar-refractivity contribution in [2.24, 2.45) is 11.7 Å². The molecule has 3 heterocycles. The van der Waals surface area contributed by atoms with E-state index in [9.17, 15) is 18.0 Å². The van der Waals surface area contributed by atoms with Crippen molar-refractivity contribution in [2.75, 3.05) is 37.3 Å². The number of benzene rings is 1. The zero-order valence-electron chi connectivity index (χ0n) is 19.8. The molecular weight excluding hydrogens is 466 g/mol. The van der Waals surface area contributed by atoms with E-state index in [2.05, 4.69) is 21.8 Å². The minimum atomic E-state index is -3.24. The molecule has 0 spiro atoms. The summed E-state index contributed by atoms with van der Waals surface area (Å²) in [4.78, 5) is 29.2. The van der Waals surface area contributed by atoms with Crippen LogP contribution in [0.1, 0.15) is 35.3 Å². The van der Waals surface area contributed by atoms with E-state index in [1.54, 1.807) is 12.3 Å². The largest absolute Gasteiger partial charge is 0.370 e. The van der Waals surface area contributed by atoms with E-state index in [0.717, 1.165) is 48.3 Å². The van der Waals surface area contributed by atoms with Gasteiger partial charge >= 0.3 is 0 Å². The third-order valence-corrected chi connectivity index (χ3v) is 7.87. The Kier molecular flexibility index (Phi) is 7.13. The highest BCUT2D eigenvalue weighted by atomic mass is 32.2. The van der Waals surface area contributed by atoms with E-state index < -0.39 is 15.9 Å². The lowest BCUT2D eigenvalue weighted by Crippen LogP contribution is -2.35. The molecule has 2 aliphatic heterocycles. The Balaban J connectivity index is 1.64. The van der Waals surface area contributed by atoms with Crippen LogP contribution in [-0.4, -0.2) is 62.0 Å². The molecule has 1 fully saturated rings. The Hall–Kier alpha value is -3.37. The van der Waals surface area contributed by atoms with Gasteiger partial charge in [-0.25, -0.2) is 8.42 Å². The van der Waals surface area contributed by atoms with Gasteiger partial charge in [0, 0.05) is 49.1 Å². The third-order valence-electron chi connectivity index (χ3n) is 6.60. The molecule has 2 aromatic rings. The lowest BCUT2D eigenvalue weighted by Gasteiger charge is -2.33. The van der Waals surface area contributed by atoms with Gasteiger partial charge in [0.2, 0.25) is 15.9 Å². The molecule has 2 aliphatic rings. The average molecular weight is 498 g/mol. The highest BCUT2D eigenvalue weighted by Crippen LogP contribution is 2.35. The summed E-state index contributed by atoms with van der Waals surface area (Å²) in [6.45, 7) is 5.84. The lowest BCUT2D eigenvalue weighted by atomic mass is 9.96. The fourth-order valence-corrected chi connectivity index (χ4v) is 5.53. The van der Waals surface area contributed by atoms with Gasteiger partial charge in [-0.05, 0) is 55.0 Å². The summed E-state index contributed by atoms with van der Waals surface area (Å²) in [6.07, 6.45) is 10.6. The summed E-state index contributed by atoms with van der Waals surface area (Å²) in [5.41, 5.74) is 9.66. The first kappa shape index (κ1) is 24.7. The van der Waals surface area contributed by atoms with Gasteiger partial charge in [-0.1, -0.05) is 18.7 Å². The molecule has 10 heteroatoms. The van der Waals surface area contributed by atoms with Crippen molar-refractivity contribution in [3.8, 4) is 0 Å². The molecule has 1 aromatic heterocycles. The molecule has 35 heavy (non-hydrogen) atoms. The molecule has 0 saturated carbocycles. The number of hydrogen-bond acceptors (Lipinski definition) is 5. The molecule has 0 radical (unpaired) electrons. The minimum Gasteiger partial charge on any atom is -0.370 e. The van der Waals surface area contributed by atoms with Crippen molar-refractivity contribution in [1.82, 2.24) is 14.6 Å². The van der Waals surface area contributed by atoms with Gasteiger partial charge in [-0.2, -0.15) is 4.31 Å². The van der Waals surface area contributed by atoms with Crippen LogP contribution in [0.15, 0.2) is 49.2 Å². The number of nitrogens with zero attached hydrogens (tertiary/aromatic N) is 2. The van der Waals surface area contributed by atoms with Crippen LogP contribution in [0.3, 0.4) is 0 Å². The van der Waals surface area contributed by atoms with E-state index in [1.807, 2.05) is 24.3 Å². The summed E-state index contributed by atoms with van der Waals surface area (Å²) in [6, 6.07) is 5.72. The molecule has 1 aromatic carbocycles. The zero-order chi connectivity index (χ0) is 25.2. The number of aromatic amines is 1. The van der Waals surface area contributed by atoms with Crippen LogP contribution in [-0.2, 0) is 14.8 Å². The van der Waals surface area contributed by atoms with Crippen molar-refractivity contribution < 1.29 is 18.0 Å². The second-order valence-electron chi connectivity index (χ2n) is 8.99. The molecule has 4 rings (SSSR count). The number of H-pyrrole nitrogens is 1. The van der Waals surface area contributed by atoms with Gasteiger partial charge in [0.05, 0.1) is 17.3 Å². The molecule has 4 N–H and O–H groups in total. The standard InChI is InChI=1S/C25H31N5O4S/c1-3-23(31)27-11-8-17-5-4-12-29(16-17)22-7-6-19(25(26)32)24-20(22)15-21(28-24)18-9-13-30(14-10-18)35(2,33)34/h3,6-9,11,15,17,28H,1,4-5,10,12-14,16H2,2H3,(H2,26,32)(H,27,31)/b11-8+/t17-/m0/s1. The van der Waals surface area contributed by atoms with E-state index in [1.165, 1.54) is 16.6 Å². The number of primary amides is 1. The molecule has 0 aliphatic carbocycles. The second kappa shape index (κ2) is 10.1. The third kappa shape index (κ3) is 5.49. The van der Waals surface area contributed by atoms with Gasteiger partial charge in [0.25, 0.3) is 5.91 Å². The summed E-state index contributed by atoms with van der Waals surface area (Å²) < 4.78 is 25.1. The van der Waals surface area contributed by atoms with Crippen LogP contribution in [0.4, 0.5) is 5.69 Å². The van der Waals surface area contributed by atoms with E-state index in [-0.39, 0.29) is 11.8 Å². The SMILES string of the molecule is C=CC(=O)N/C=C/[C@@H]1CCCN(c2ccc(C(N)=O)c3[nH]c(C4=CCN(S(C)(=O)=O)CC4)cc23)C1. The maximum Gasteiger partial charge on any atom is 0.250 e. The molecule has 1 saturated heterocycles. The van der Waals surface area contributed by atoms with Crippen LogP contribution in [0.25, 0.3) is 16.5 Å². The second-order valence-corrected chi connectivity index (χ2v) is 11.0. The maximum absolute atomic E-state index is 12.1. The van der Waals surface area contributed by atoms with Crippen LogP contribution in [0.5, 0.6) is 0 Å². The Bertz CT molecular complexity index is 1320. The first-order valence-corrected chi connectivity index (χ1v) is 13.5. The van der Waals surface area contributed by atoms with Gasteiger partial charge in [0.15, 0.2) is 0 Å². The average Bonchev–Trinajstić information content (AvgIpc) is 3.28. The molecular formula is C25H31N5O4S. The van der Waals surface area contributed by atoms with Crippen molar-refractivity contribution in [3.05, 3.63) is 60.5 Å². The summed E-state index contributed by atoms with van der Waals surface area (Å²) in [5, 5.41) is 3.59. The van der Waals surface area contributed by atoms with Crippen LogP contribution < -0.4 is 16.0 Å². The monoisotopic (exact) mass is 497 g/mol. The lowest BCUT2D eigenvalue weighted by molar-refractivity contribution is -0.115. The molecule has 186 valence electrons. The van der Waals surface area contributed by atoms with Crippen LogP contribution >= 0.6 is 0 Å². The first-order valence-electron chi connectivity index (χ1n) is 11.6. The number of carbonyl (C=O) groups excluding carboxylic acids is 2. The van der Waals surface area contributed by atoms with E-state index >= 15 is 0 Å². The molecule has 9 nitrogen and oxygen atoms in total. The van der Waals surface area contributed by atoms with Crippen molar-refractivity contribution in [1.29, 1.82) is 0 Å². The van der Waals surface area contributed by atoms with Crippen LogP contribution in [0.2, 0.25) is 0 Å². The number of piperidine rings is 1. The Morgan fingerprint density at radius 1 is 1.29 bits per heavy atom. The molecule has 0 bridgehead atoms. The smallest absolute Gasteiger partial charge is 0.250 e. The Morgan fingerprint density at radius 2 is 2.09 bits per heavy atom. The number of aromatic nitrogens is 1. The number of sulfonamides is 1. The number of nitrogens with one attached hydrogen (secondary N) is 2. The first-order chi connectivity index (χ1) is 16.7. The predicted molar refractivity (Wildman–Crippen MR) is 138 cm³/mol. The Labute approximate surface area is 205 Å². The Morgan fingerprint density at radius 3 is 2.74 bits per heavy atom. The molecule has 0 unspecified atom stereocenters. The molecule has 1 atom stereocenters. The van der Waals surface area contributed by atoms with Crippen molar-refractivity contribution >= 4 is 44.0 Å². The minimum absolute atomic E-state index is 0.241. The summed E-state index contributed by atoms with van der Waals surface area (Å²) in [7, 11) is -3.24. The van der Waals surface area contributed by atoms with Gasteiger partial charge in [-0.3, -0.25) is 9.59 Å². The quantitative estimate of drug-likeness (QED) is 0.506. The fourth-order valence-electron chi connectivity index (χ4n) is 4.77. The van der Waals surface area contributed by atoms with Crippen LogP contribution in [0, 0.1) is 5.92 Å². The highest BCUT2D eigenvalue weighted by molar-refractivity contribution is 7.88. The topological polar surface area (TPSA) is 129 Å². The number of fused-ring (bicyclic) bond motifs is 1. The van der Waals surface area contributed by atoms with E-state index in [0.29, 0.717) is 30.6 Å². The van der Waals surface area contributed by atoms with Gasteiger partial charge in [0.1, 0.15) is 0 Å². The number of rotatable bonds is 7. The normalized spacial score (nSPS) is 19.6. The number of amides is 2. The predicted octanol–water partition coefficient (Wildman–Crippen LogP) is 2.35. The van der Waals surface area contributed by atoms with E-state index in [4.69, 9.17) is 5.73 Å².